The Morgan fingerprint density at radius 3 is 2.44 bits per heavy atom. The molecule has 11 heteroatoms. The molecule has 0 fully saturated rings. The van der Waals surface area contributed by atoms with Gasteiger partial charge in [0.1, 0.15) is 11.6 Å². The van der Waals surface area contributed by atoms with Crippen LogP contribution in [0.4, 0.5) is 11.4 Å². The Morgan fingerprint density at radius 2 is 1.76 bits per heavy atom. The molecule has 2 aliphatic heterocycles. The zero-order valence-electron chi connectivity index (χ0n) is 23.0. The second-order valence-electron chi connectivity index (χ2n) is 10.5. The van der Waals surface area contributed by atoms with Crippen LogP contribution in [0.25, 0.3) is 11.4 Å². The number of amides is 2. The van der Waals surface area contributed by atoms with E-state index in [0.717, 1.165) is 0 Å². The SMILES string of the molecule is COc1cc(OC(C)C)ncc1-c1nc2c(n1C(C)C)C1(C(=O)Nc3cc(Cl)ccc31)N(c1cccc(Cl)c1)C2=O. The zero-order chi connectivity index (χ0) is 29.2. The van der Waals surface area contributed by atoms with E-state index < -0.39 is 17.4 Å². The quantitative estimate of drug-likeness (QED) is 0.275. The second-order valence-corrected chi connectivity index (χ2v) is 11.3. The molecule has 2 aromatic heterocycles. The minimum Gasteiger partial charge on any atom is -0.496 e. The number of nitrogens with zero attached hydrogens (tertiary/aromatic N) is 4. The Balaban J connectivity index is 1.67. The summed E-state index contributed by atoms with van der Waals surface area (Å²) in [7, 11) is 1.55. The average molecular weight is 592 g/mol. The van der Waals surface area contributed by atoms with Crippen molar-refractivity contribution in [3.05, 3.63) is 81.7 Å². The number of nitrogens with one attached hydrogen (secondary N) is 1. The smallest absolute Gasteiger partial charge is 0.280 e. The molecule has 1 spiro atoms. The molecule has 0 saturated carbocycles. The lowest BCUT2D eigenvalue weighted by molar-refractivity contribution is -0.119. The van der Waals surface area contributed by atoms with E-state index in [0.29, 0.717) is 55.7 Å². The highest BCUT2D eigenvalue weighted by Crippen LogP contribution is 2.54. The molecule has 2 aromatic carbocycles. The first-order chi connectivity index (χ1) is 19.6. The number of aromatic nitrogens is 3. The number of anilines is 2. The van der Waals surface area contributed by atoms with E-state index in [2.05, 4.69) is 10.3 Å². The summed E-state index contributed by atoms with van der Waals surface area (Å²) in [6.07, 6.45) is 1.53. The molecule has 210 valence electrons. The van der Waals surface area contributed by atoms with Crippen molar-refractivity contribution in [3.63, 3.8) is 0 Å². The minimum atomic E-state index is -1.58. The van der Waals surface area contributed by atoms with Gasteiger partial charge in [0.05, 0.1) is 24.5 Å². The zero-order valence-corrected chi connectivity index (χ0v) is 24.5. The van der Waals surface area contributed by atoms with Gasteiger partial charge in [-0.3, -0.25) is 14.5 Å². The van der Waals surface area contributed by atoms with Gasteiger partial charge in [0, 0.05) is 45.3 Å². The molecule has 0 aliphatic carbocycles. The third kappa shape index (κ3) is 3.98. The van der Waals surface area contributed by atoms with Crippen molar-refractivity contribution in [1.82, 2.24) is 14.5 Å². The van der Waals surface area contributed by atoms with Gasteiger partial charge in [-0.25, -0.2) is 9.97 Å². The Kier molecular flexibility index (Phi) is 6.47. The van der Waals surface area contributed by atoms with Crippen LogP contribution < -0.4 is 19.7 Å². The molecule has 0 radical (unpaired) electrons. The van der Waals surface area contributed by atoms with E-state index >= 15 is 0 Å². The topological polar surface area (TPSA) is 98.6 Å². The standard InChI is InChI=1S/C30H27Cl2N5O4/c1-15(2)36-26-25(35-27(36)20-14-33-24(41-16(3)4)13-23(20)40-5)28(38)37(19-8-6-7-17(31)11-19)30(26)21-10-9-18(32)12-22(21)34-29(30)39/h6-16H,1-5H3,(H,34,39). The molecule has 1 N–H and O–H groups in total. The van der Waals surface area contributed by atoms with Crippen LogP contribution in [0.3, 0.4) is 0 Å². The van der Waals surface area contributed by atoms with Crippen LogP contribution in [0.15, 0.2) is 54.7 Å². The molecule has 0 saturated heterocycles. The number of fused-ring (bicyclic) bond motifs is 4. The van der Waals surface area contributed by atoms with E-state index in [1.165, 1.54) is 4.90 Å². The van der Waals surface area contributed by atoms with E-state index in [-0.39, 0.29) is 17.8 Å². The van der Waals surface area contributed by atoms with Gasteiger partial charge in [0.2, 0.25) is 5.88 Å². The van der Waals surface area contributed by atoms with Crippen molar-refractivity contribution in [2.24, 2.45) is 0 Å². The first-order valence-corrected chi connectivity index (χ1v) is 13.9. The first-order valence-electron chi connectivity index (χ1n) is 13.1. The maximum atomic E-state index is 14.4. The van der Waals surface area contributed by atoms with Gasteiger partial charge in [-0.15, -0.1) is 0 Å². The number of halogens is 2. The lowest BCUT2D eigenvalue weighted by Crippen LogP contribution is -2.51. The summed E-state index contributed by atoms with van der Waals surface area (Å²) >= 11 is 12.7. The third-order valence-electron chi connectivity index (χ3n) is 7.18. The monoisotopic (exact) mass is 591 g/mol. The number of pyridine rings is 1. The summed E-state index contributed by atoms with van der Waals surface area (Å²) in [5, 5.41) is 3.85. The van der Waals surface area contributed by atoms with Gasteiger partial charge in [-0.1, -0.05) is 35.3 Å². The first kappa shape index (κ1) is 27.1. The summed E-state index contributed by atoms with van der Waals surface area (Å²) < 4.78 is 13.4. The van der Waals surface area contributed by atoms with Gasteiger partial charge < -0.3 is 19.4 Å². The molecule has 4 aromatic rings. The summed E-state index contributed by atoms with van der Waals surface area (Å²) in [5.41, 5.74) is 1.13. The van der Waals surface area contributed by atoms with Crippen molar-refractivity contribution in [1.29, 1.82) is 0 Å². The van der Waals surface area contributed by atoms with E-state index in [4.69, 9.17) is 37.7 Å². The predicted octanol–water partition coefficient (Wildman–Crippen LogP) is 6.48. The molecular weight excluding hydrogens is 565 g/mol. The highest BCUT2D eigenvalue weighted by atomic mass is 35.5. The lowest BCUT2D eigenvalue weighted by Gasteiger charge is -2.35. The molecule has 1 unspecified atom stereocenters. The normalized spacial score (nSPS) is 17.4. The number of ether oxygens (including phenoxy) is 2. The molecule has 1 atom stereocenters. The fourth-order valence-electron chi connectivity index (χ4n) is 5.70. The van der Waals surface area contributed by atoms with E-state index in [1.54, 1.807) is 61.8 Å². The maximum Gasteiger partial charge on any atom is 0.280 e. The summed E-state index contributed by atoms with van der Waals surface area (Å²) in [6.45, 7) is 7.76. The van der Waals surface area contributed by atoms with Crippen molar-refractivity contribution < 1.29 is 19.1 Å². The van der Waals surface area contributed by atoms with Gasteiger partial charge in [0.15, 0.2) is 11.2 Å². The number of hydrogen-bond donors (Lipinski definition) is 1. The van der Waals surface area contributed by atoms with Crippen molar-refractivity contribution in [3.8, 4) is 23.0 Å². The van der Waals surface area contributed by atoms with Crippen LogP contribution in [-0.2, 0) is 10.3 Å². The number of carbonyl (C=O) groups is 2. The third-order valence-corrected chi connectivity index (χ3v) is 7.65. The molecule has 41 heavy (non-hydrogen) atoms. The van der Waals surface area contributed by atoms with Crippen LogP contribution in [0.5, 0.6) is 11.6 Å². The molecule has 9 nitrogen and oxygen atoms in total. The van der Waals surface area contributed by atoms with Gasteiger partial charge >= 0.3 is 0 Å². The number of hydrogen-bond acceptors (Lipinski definition) is 6. The number of methoxy groups -OCH3 is 1. The van der Waals surface area contributed by atoms with Crippen LogP contribution in [0, 0.1) is 0 Å². The largest absolute Gasteiger partial charge is 0.496 e. The minimum absolute atomic E-state index is 0.0797. The second kappa shape index (κ2) is 9.78. The molecule has 4 heterocycles. The Hall–Kier alpha value is -4.08. The van der Waals surface area contributed by atoms with Gasteiger partial charge in [-0.05, 0) is 58.0 Å². The molecule has 6 rings (SSSR count). The predicted molar refractivity (Wildman–Crippen MR) is 157 cm³/mol. The van der Waals surface area contributed by atoms with Crippen molar-refractivity contribution in [2.75, 3.05) is 17.3 Å². The Bertz CT molecular complexity index is 1730. The van der Waals surface area contributed by atoms with Crippen molar-refractivity contribution >= 4 is 46.4 Å². The summed E-state index contributed by atoms with van der Waals surface area (Å²) in [4.78, 5) is 39.5. The number of imidazole rings is 1. The van der Waals surface area contributed by atoms with E-state index in [9.17, 15) is 9.59 Å². The maximum absolute atomic E-state index is 14.4. The lowest BCUT2D eigenvalue weighted by atomic mass is 9.87. The van der Waals surface area contributed by atoms with Crippen molar-refractivity contribution in [2.45, 2.75) is 45.4 Å². The highest BCUT2D eigenvalue weighted by Gasteiger charge is 2.64. The highest BCUT2D eigenvalue weighted by molar-refractivity contribution is 6.32. The Morgan fingerprint density at radius 1 is 1.00 bits per heavy atom. The van der Waals surface area contributed by atoms with Crippen LogP contribution in [0.1, 0.15) is 55.5 Å². The average Bonchev–Trinajstić information content (AvgIpc) is 3.52. The number of rotatable bonds is 6. The Labute approximate surface area is 247 Å². The van der Waals surface area contributed by atoms with Gasteiger partial charge in [0.25, 0.3) is 11.8 Å². The fraction of sp³-hybridized carbons (Fsp3) is 0.267. The summed E-state index contributed by atoms with van der Waals surface area (Å²) in [6, 6.07) is 13.5. The van der Waals surface area contributed by atoms with E-state index in [1.807, 2.05) is 32.3 Å². The van der Waals surface area contributed by atoms with Gasteiger partial charge in [-0.2, -0.15) is 0 Å². The molecule has 0 bridgehead atoms. The number of carbonyl (C=O) groups excluding carboxylic acids is 2. The molecule has 2 amide bonds. The van der Waals surface area contributed by atoms with Crippen LogP contribution in [-0.4, -0.2) is 39.6 Å². The number of benzene rings is 2. The van der Waals surface area contributed by atoms with Crippen LogP contribution in [0.2, 0.25) is 10.0 Å². The summed E-state index contributed by atoms with van der Waals surface area (Å²) in [5.74, 6) is 0.474. The molecule has 2 aliphatic rings. The fourth-order valence-corrected chi connectivity index (χ4v) is 6.06. The van der Waals surface area contributed by atoms with Crippen LogP contribution >= 0.6 is 23.2 Å². The molecular formula is C30H27Cl2N5O4.